The van der Waals surface area contributed by atoms with Crippen molar-refractivity contribution < 1.29 is 4.74 Å². The van der Waals surface area contributed by atoms with E-state index in [9.17, 15) is 0 Å². The van der Waals surface area contributed by atoms with E-state index in [-0.39, 0.29) is 0 Å². The van der Waals surface area contributed by atoms with E-state index in [0.717, 1.165) is 66.8 Å². The zero-order valence-corrected chi connectivity index (χ0v) is 33.1. The molecule has 0 saturated heterocycles. The first-order valence-corrected chi connectivity index (χ1v) is 20.7. The SMILES string of the molecule is NC(/N=C(\N=C\c1cccc2c(-n3c4ccccc4c4cc5c(cc43)C3(c4ccccc4Oc4ccccc43)c3ccccc3-5)cccc12)c1ccccc1)c1ccccc1. The van der Waals surface area contributed by atoms with Crippen LogP contribution in [-0.2, 0) is 5.41 Å². The van der Waals surface area contributed by atoms with Crippen LogP contribution in [0.4, 0.5) is 0 Å². The van der Waals surface area contributed by atoms with Gasteiger partial charge in [-0.05, 0) is 69.6 Å². The smallest absolute Gasteiger partial charge is 0.156 e. The van der Waals surface area contributed by atoms with Gasteiger partial charge < -0.3 is 15.0 Å². The Kier molecular flexibility index (Phi) is 7.99. The van der Waals surface area contributed by atoms with E-state index in [1.54, 1.807) is 0 Å². The number of benzene rings is 9. The molecule has 0 bridgehead atoms. The number of nitrogens with two attached hydrogens (primary N) is 1. The Hall–Kier alpha value is -7.86. The molecule has 12 rings (SSSR count). The van der Waals surface area contributed by atoms with Gasteiger partial charge in [-0.15, -0.1) is 0 Å². The summed E-state index contributed by atoms with van der Waals surface area (Å²) in [5.41, 5.74) is 19.6. The van der Waals surface area contributed by atoms with Crippen molar-refractivity contribution in [2.24, 2.45) is 15.7 Å². The molecule has 0 fully saturated rings. The summed E-state index contributed by atoms with van der Waals surface area (Å²) >= 11 is 0. The van der Waals surface area contributed by atoms with E-state index < -0.39 is 11.6 Å². The molecule has 288 valence electrons. The molecule has 1 aliphatic carbocycles. The minimum absolute atomic E-state index is 0.556. The molecule has 10 aromatic rings. The van der Waals surface area contributed by atoms with E-state index in [4.69, 9.17) is 20.5 Å². The monoisotopic (exact) mass is 782 g/mol. The maximum Gasteiger partial charge on any atom is 0.156 e. The molecular weight excluding hydrogens is 745 g/mol. The predicted octanol–water partition coefficient (Wildman–Crippen LogP) is 12.9. The third-order valence-electron chi connectivity index (χ3n) is 12.6. The maximum atomic E-state index is 6.65. The third-order valence-corrected chi connectivity index (χ3v) is 12.6. The maximum absolute atomic E-state index is 6.65. The van der Waals surface area contributed by atoms with Crippen molar-refractivity contribution in [1.82, 2.24) is 4.57 Å². The molecule has 2 aliphatic rings. The van der Waals surface area contributed by atoms with Crippen LogP contribution >= 0.6 is 0 Å². The number of rotatable bonds is 5. The number of hydrogen-bond acceptors (Lipinski definition) is 3. The van der Waals surface area contributed by atoms with Crippen molar-refractivity contribution in [2.45, 2.75) is 11.6 Å². The van der Waals surface area contributed by atoms with E-state index in [1.165, 1.54) is 33.0 Å². The van der Waals surface area contributed by atoms with Gasteiger partial charge in [0.05, 0.1) is 22.1 Å². The highest BCUT2D eigenvalue weighted by Crippen LogP contribution is 2.62. The molecule has 5 heteroatoms. The van der Waals surface area contributed by atoms with Gasteiger partial charge in [-0.3, -0.25) is 0 Å². The van der Waals surface area contributed by atoms with Crippen LogP contribution in [0.25, 0.3) is 49.4 Å². The van der Waals surface area contributed by atoms with Crippen LogP contribution in [0, 0.1) is 0 Å². The molecule has 1 spiro atoms. The van der Waals surface area contributed by atoms with Crippen LogP contribution in [0.5, 0.6) is 11.5 Å². The first-order chi connectivity index (χ1) is 30.2. The van der Waals surface area contributed by atoms with Gasteiger partial charge in [-0.2, -0.15) is 0 Å². The Bertz CT molecular complexity index is 3370. The summed E-state index contributed by atoms with van der Waals surface area (Å²) in [4.78, 5) is 9.98. The standard InChI is InChI=1S/C56H38N4O/c57-54(36-17-3-1-4-18-36)59-55(37-19-5-2-6-20-37)58-35-38-21-15-25-41-39(38)24-16-30-50(41)60-49-29-12-8-23-42(49)44-33-43-40-22-7-9-26-45(40)56(48(43)34-51(44)60)46-27-10-13-31-52(46)61-53-32-14-11-28-47(53)56/h1-35,54H,57H2/b58-35+,59-55-. The molecule has 1 unspecified atom stereocenters. The summed E-state index contributed by atoms with van der Waals surface area (Å²) in [6.07, 6.45) is 1.37. The van der Waals surface area contributed by atoms with Crippen LogP contribution in [-0.4, -0.2) is 16.6 Å². The molecular formula is C56H38N4O. The summed E-state index contributed by atoms with van der Waals surface area (Å²) in [7, 11) is 0. The van der Waals surface area contributed by atoms with Crippen LogP contribution in [0.3, 0.4) is 0 Å². The van der Waals surface area contributed by atoms with Gasteiger partial charge in [0, 0.05) is 44.6 Å². The van der Waals surface area contributed by atoms with Gasteiger partial charge in [0.2, 0.25) is 0 Å². The van der Waals surface area contributed by atoms with E-state index >= 15 is 0 Å². The fraction of sp³-hybridized carbons (Fsp3) is 0.0357. The molecule has 1 aliphatic heterocycles. The van der Waals surface area contributed by atoms with Gasteiger partial charge in [0.15, 0.2) is 5.84 Å². The molecule has 2 heterocycles. The second-order valence-corrected chi connectivity index (χ2v) is 15.8. The summed E-state index contributed by atoms with van der Waals surface area (Å²) in [6.45, 7) is 0. The predicted molar refractivity (Wildman–Crippen MR) is 250 cm³/mol. The van der Waals surface area contributed by atoms with Crippen LogP contribution in [0.1, 0.15) is 45.1 Å². The molecule has 9 aromatic carbocycles. The Balaban J connectivity index is 1.08. The molecule has 5 nitrogen and oxygen atoms in total. The highest BCUT2D eigenvalue weighted by molar-refractivity contribution is 6.14. The van der Waals surface area contributed by atoms with Crippen molar-refractivity contribution in [1.29, 1.82) is 0 Å². The summed E-state index contributed by atoms with van der Waals surface area (Å²) < 4.78 is 9.11. The lowest BCUT2D eigenvalue weighted by Gasteiger charge is -2.39. The Morgan fingerprint density at radius 2 is 1.13 bits per heavy atom. The highest BCUT2D eigenvalue weighted by Gasteiger charge is 2.51. The second-order valence-electron chi connectivity index (χ2n) is 15.8. The van der Waals surface area contributed by atoms with Gasteiger partial charge >= 0.3 is 0 Å². The zero-order chi connectivity index (χ0) is 40.5. The second kappa shape index (κ2) is 13.9. The Morgan fingerprint density at radius 1 is 0.508 bits per heavy atom. The van der Waals surface area contributed by atoms with Gasteiger partial charge in [0.1, 0.15) is 17.7 Å². The number of amidine groups is 1. The fourth-order valence-corrected chi connectivity index (χ4v) is 9.95. The molecule has 0 radical (unpaired) electrons. The molecule has 0 saturated carbocycles. The summed E-state index contributed by atoms with van der Waals surface area (Å²) in [5, 5.41) is 4.63. The average Bonchev–Trinajstić information content (AvgIpc) is 3.79. The number of aromatic nitrogens is 1. The van der Waals surface area contributed by atoms with Crippen molar-refractivity contribution in [3.63, 3.8) is 0 Å². The van der Waals surface area contributed by atoms with E-state index in [2.05, 4.69) is 150 Å². The lowest BCUT2D eigenvalue weighted by Crippen LogP contribution is -2.32. The quantitative estimate of drug-likeness (QED) is 0.140. The van der Waals surface area contributed by atoms with Crippen LogP contribution < -0.4 is 10.5 Å². The minimum atomic E-state index is -0.573. The number of nitrogens with zero attached hydrogens (tertiary/aromatic N) is 3. The highest BCUT2D eigenvalue weighted by atomic mass is 16.5. The van der Waals surface area contributed by atoms with Gasteiger partial charge in [-0.1, -0.05) is 170 Å². The molecule has 61 heavy (non-hydrogen) atoms. The Morgan fingerprint density at radius 3 is 1.92 bits per heavy atom. The van der Waals surface area contributed by atoms with Crippen molar-refractivity contribution in [3.8, 4) is 28.3 Å². The zero-order valence-electron chi connectivity index (χ0n) is 33.1. The van der Waals surface area contributed by atoms with Crippen molar-refractivity contribution in [3.05, 3.63) is 245 Å². The minimum Gasteiger partial charge on any atom is -0.457 e. The lowest BCUT2D eigenvalue weighted by atomic mass is 9.66. The third kappa shape index (κ3) is 5.31. The number of para-hydroxylation sites is 3. The lowest BCUT2D eigenvalue weighted by molar-refractivity contribution is 0.436. The first-order valence-electron chi connectivity index (χ1n) is 20.7. The number of ether oxygens (including phenoxy) is 1. The van der Waals surface area contributed by atoms with Crippen molar-refractivity contribution in [2.75, 3.05) is 0 Å². The van der Waals surface area contributed by atoms with Gasteiger partial charge in [0.25, 0.3) is 0 Å². The molecule has 1 atom stereocenters. The summed E-state index contributed by atoms with van der Waals surface area (Å²) in [6, 6.07) is 72.7. The normalized spacial score (nSPS) is 14.2. The van der Waals surface area contributed by atoms with Crippen molar-refractivity contribution >= 4 is 44.6 Å². The average molecular weight is 783 g/mol. The Labute approximate surface area is 353 Å². The molecule has 0 amide bonds. The number of hydrogen-bond donors (Lipinski definition) is 1. The molecule has 2 N–H and O–H groups in total. The number of fused-ring (bicyclic) bond motifs is 13. The van der Waals surface area contributed by atoms with Gasteiger partial charge in [-0.25, -0.2) is 9.98 Å². The largest absolute Gasteiger partial charge is 0.457 e. The van der Waals surface area contributed by atoms with Crippen LogP contribution in [0.2, 0.25) is 0 Å². The molecule has 1 aromatic heterocycles. The van der Waals surface area contributed by atoms with E-state index in [1.807, 2.05) is 66.9 Å². The number of aliphatic imine (C=N–C) groups is 2. The topological polar surface area (TPSA) is 64.9 Å². The van der Waals surface area contributed by atoms with E-state index in [0.29, 0.717) is 5.84 Å². The fourth-order valence-electron chi connectivity index (χ4n) is 9.95. The first kappa shape index (κ1) is 35.1. The van der Waals surface area contributed by atoms with Crippen LogP contribution in [0.15, 0.2) is 216 Å². The summed E-state index contributed by atoms with van der Waals surface area (Å²) in [5.74, 6) is 2.35.